The molecule has 0 N–H and O–H groups in total. The smallest absolute Gasteiger partial charge is 0.260 e. The lowest BCUT2D eigenvalue weighted by molar-refractivity contribution is -0.132. The zero-order valence-corrected chi connectivity index (χ0v) is 15.0. The summed E-state index contributed by atoms with van der Waals surface area (Å²) in [6, 6.07) is 8.02. The number of hydrogen-bond acceptors (Lipinski definition) is 3. The third-order valence-electron chi connectivity index (χ3n) is 4.46. The number of ether oxygens (including phenoxy) is 1. The van der Waals surface area contributed by atoms with E-state index in [0.29, 0.717) is 0 Å². The first-order chi connectivity index (χ1) is 10.9. The average molecular weight is 318 g/mol. The molecule has 1 fully saturated rings. The lowest BCUT2D eigenvalue weighted by Crippen LogP contribution is -2.37. The van der Waals surface area contributed by atoms with Crippen LogP contribution in [0.1, 0.15) is 39.2 Å². The SMILES string of the molecule is CN(CCN1CCCC1)C(=O)COc1ccc(C(C)(C)C)cc1. The zero-order valence-electron chi connectivity index (χ0n) is 15.0. The Morgan fingerprint density at radius 2 is 1.78 bits per heavy atom. The molecule has 0 radical (unpaired) electrons. The highest BCUT2D eigenvalue weighted by Crippen LogP contribution is 2.24. The van der Waals surface area contributed by atoms with Gasteiger partial charge in [0.15, 0.2) is 6.61 Å². The Bertz CT molecular complexity index is 499. The molecule has 128 valence electrons. The Labute approximate surface area is 140 Å². The van der Waals surface area contributed by atoms with Crippen molar-refractivity contribution in [2.45, 2.75) is 39.0 Å². The van der Waals surface area contributed by atoms with E-state index in [1.165, 1.54) is 31.5 Å². The lowest BCUT2D eigenvalue weighted by Gasteiger charge is -2.22. The second kappa shape index (κ2) is 7.82. The number of carbonyl (C=O) groups excluding carboxylic acids is 1. The quantitative estimate of drug-likeness (QED) is 0.808. The second-order valence-electron chi connectivity index (χ2n) is 7.43. The van der Waals surface area contributed by atoms with Gasteiger partial charge in [-0.2, -0.15) is 0 Å². The molecule has 0 unspecified atom stereocenters. The molecule has 1 aromatic rings. The summed E-state index contributed by atoms with van der Waals surface area (Å²) in [6.45, 7) is 10.7. The molecule has 0 spiro atoms. The van der Waals surface area contributed by atoms with Gasteiger partial charge in [-0.05, 0) is 49.0 Å². The fraction of sp³-hybridized carbons (Fsp3) is 0.632. The summed E-state index contributed by atoms with van der Waals surface area (Å²) in [5, 5.41) is 0. The lowest BCUT2D eigenvalue weighted by atomic mass is 9.87. The molecule has 0 aliphatic carbocycles. The fourth-order valence-electron chi connectivity index (χ4n) is 2.73. The number of likely N-dealkylation sites (tertiary alicyclic amines) is 1. The number of hydrogen-bond donors (Lipinski definition) is 0. The molecule has 2 rings (SSSR count). The Hall–Kier alpha value is -1.55. The number of rotatable bonds is 6. The third kappa shape index (κ3) is 5.54. The van der Waals surface area contributed by atoms with Crippen LogP contribution in [0.3, 0.4) is 0 Å². The number of benzene rings is 1. The zero-order chi connectivity index (χ0) is 16.9. The second-order valence-corrected chi connectivity index (χ2v) is 7.43. The number of likely N-dealkylation sites (N-methyl/N-ethyl adjacent to an activating group) is 1. The predicted molar refractivity (Wildman–Crippen MR) is 93.9 cm³/mol. The van der Waals surface area contributed by atoms with Crippen LogP contribution in [-0.2, 0) is 10.2 Å². The van der Waals surface area contributed by atoms with E-state index in [2.05, 4.69) is 37.8 Å². The molecule has 1 amide bonds. The molecule has 0 atom stereocenters. The van der Waals surface area contributed by atoms with Crippen molar-refractivity contribution in [1.82, 2.24) is 9.80 Å². The van der Waals surface area contributed by atoms with E-state index in [0.717, 1.165) is 18.8 Å². The van der Waals surface area contributed by atoms with Crippen LogP contribution in [-0.4, -0.2) is 55.5 Å². The highest BCUT2D eigenvalue weighted by Gasteiger charge is 2.15. The van der Waals surface area contributed by atoms with Gasteiger partial charge in [-0.3, -0.25) is 4.79 Å². The van der Waals surface area contributed by atoms with Gasteiger partial charge in [0.05, 0.1) is 0 Å². The first kappa shape index (κ1) is 17.8. The maximum absolute atomic E-state index is 12.1. The van der Waals surface area contributed by atoms with Crippen molar-refractivity contribution in [2.75, 3.05) is 39.8 Å². The molecule has 4 heteroatoms. The normalized spacial score (nSPS) is 15.7. The summed E-state index contributed by atoms with van der Waals surface area (Å²) in [5.41, 5.74) is 1.39. The molecule has 1 heterocycles. The molecule has 4 nitrogen and oxygen atoms in total. The third-order valence-corrected chi connectivity index (χ3v) is 4.46. The maximum atomic E-state index is 12.1. The average Bonchev–Trinajstić information content (AvgIpc) is 3.03. The van der Waals surface area contributed by atoms with E-state index < -0.39 is 0 Å². The van der Waals surface area contributed by atoms with Gasteiger partial charge < -0.3 is 14.5 Å². The van der Waals surface area contributed by atoms with Crippen molar-refractivity contribution in [2.24, 2.45) is 0 Å². The van der Waals surface area contributed by atoms with Crippen LogP contribution in [0.4, 0.5) is 0 Å². The Morgan fingerprint density at radius 3 is 2.35 bits per heavy atom. The number of nitrogens with zero attached hydrogens (tertiary/aromatic N) is 2. The van der Waals surface area contributed by atoms with Gasteiger partial charge in [0.25, 0.3) is 5.91 Å². The molecule has 1 aliphatic rings. The largest absolute Gasteiger partial charge is 0.484 e. The van der Waals surface area contributed by atoms with Gasteiger partial charge in [0.2, 0.25) is 0 Å². The summed E-state index contributed by atoms with van der Waals surface area (Å²) >= 11 is 0. The minimum atomic E-state index is 0.0316. The van der Waals surface area contributed by atoms with E-state index in [-0.39, 0.29) is 17.9 Å². The topological polar surface area (TPSA) is 32.8 Å². The first-order valence-electron chi connectivity index (χ1n) is 8.56. The predicted octanol–water partition coefficient (Wildman–Crippen LogP) is 2.92. The van der Waals surface area contributed by atoms with E-state index in [1.54, 1.807) is 4.90 Å². The summed E-state index contributed by atoms with van der Waals surface area (Å²) < 4.78 is 5.62. The van der Waals surface area contributed by atoms with E-state index in [9.17, 15) is 4.79 Å². The van der Waals surface area contributed by atoms with Crippen LogP contribution in [0.15, 0.2) is 24.3 Å². The van der Waals surface area contributed by atoms with E-state index in [1.807, 2.05) is 19.2 Å². The minimum absolute atomic E-state index is 0.0316. The molecule has 1 aromatic carbocycles. The molecule has 23 heavy (non-hydrogen) atoms. The first-order valence-corrected chi connectivity index (χ1v) is 8.56. The summed E-state index contributed by atoms with van der Waals surface area (Å²) in [4.78, 5) is 16.3. The Balaban J connectivity index is 1.74. The van der Waals surface area contributed by atoms with Crippen molar-refractivity contribution < 1.29 is 9.53 Å². The molecule has 1 saturated heterocycles. The van der Waals surface area contributed by atoms with Gasteiger partial charge in [0.1, 0.15) is 5.75 Å². The maximum Gasteiger partial charge on any atom is 0.260 e. The molecular weight excluding hydrogens is 288 g/mol. The van der Waals surface area contributed by atoms with Crippen molar-refractivity contribution in [3.63, 3.8) is 0 Å². The van der Waals surface area contributed by atoms with Crippen molar-refractivity contribution in [3.8, 4) is 5.75 Å². The van der Waals surface area contributed by atoms with E-state index in [4.69, 9.17) is 4.74 Å². The van der Waals surface area contributed by atoms with E-state index >= 15 is 0 Å². The van der Waals surface area contributed by atoms with Gasteiger partial charge in [-0.25, -0.2) is 0 Å². The standard InChI is InChI=1S/C19H30N2O2/c1-19(2,3)16-7-9-17(10-8-16)23-15-18(22)20(4)13-14-21-11-5-6-12-21/h7-10H,5-6,11-15H2,1-4H3. The van der Waals surface area contributed by atoms with Crippen molar-refractivity contribution in [3.05, 3.63) is 29.8 Å². The van der Waals surface area contributed by atoms with Crippen LogP contribution in [0.5, 0.6) is 5.75 Å². The molecule has 0 aromatic heterocycles. The highest BCUT2D eigenvalue weighted by atomic mass is 16.5. The molecule has 1 aliphatic heterocycles. The summed E-state index contributed by atoms with van der Waals surface area (Å²) in [6.07, 6.45) is 2.57. The summed E-state index contributed by atoms with van der Waals surface area (Å²) in [5.74, 6) is 0.781. The van der Waals surface area contributed by atoms with Gasteiger partial charge in [-0.15, -0.1) is 0 Å². The monoisotopic (exact) mass is 318 g/mol. The van der Waals surface area contributed by atoms with Gasteiger partial charge in [0, 0.05) is 20.1 Å². The Morgan fingerprint density at radius 1 is 1.17 bits per heavy atom. The van der Waals surface area contributed by atoms with Crippen molar-refractivity contribution >= 4 is 5.91 Å². The van der Waals surface area contributed by atoms with Gasteiger partial charge >= 0.3 is 0 Å². The van der Waals surface area contributed by atoms with Crippen LogP contribution in [0.2, 0.25) is 0 Å². The van der Waals surface area contributed by atoms with Crippen molar-refractivity contribution in [1.29, 1.82) is 0 Å². The van der Waals surface area contributed by atoms with Crippen LogP contribution in [0, 0.1) is 0 Å². The number of carbonyl (C=O) groups is 1. The molecular formula is C19H30N2O2. The molecule has 0 saturated carbocycles. The van der Waals surface area contributed by atoms with Crippen LogP contribution < -0.4 is 4.74 Å². The highest BCUT2D eigenvalue weighted by molar-refractivity contribution is 5.77. The fourth-order valence-corrected chi connectivity index (χ4v) is 2.73. The minimum Gasteiger partial charge on any atom is -0.484 e. The van der Waals surface area contributed by atoms with Crippen LogP contribution in [0.25, 0.3) is 0 Å². The molecule has 0 bridgehead atoms. The Kier molecular flexibility index (Phi) is 6.05. The van der Waals surface area contributed by atoms with Crippen LogP contribution >= 0.6 is 0 Å². The summed E-state index contributed by atoms with van der Waals surface area (Å²) in [7, 11) is 1.85. The van der Waals surface area contributed by atoms with Gasteiger partial charge in [-0.1, -0.05) is 32.9 Å². The number of amides is 1.